The van der Waals surface area contributed by atoms with Gasteiger partial charge in [-0.05, 0) is 48.9 Å². The van der Waals surface area contributed by atoms with Gasteiger partial charge in [0, 0.05) is 12.8 Å². The monoisotopic (exact) mass is 352 g/mol. The average molecular weight is 352 g/mol. The van der Waals surface area contributed by atoms with Crippen molar-refractivity contribution in [3.63, 3.8) is 0 Å². The molecule has 0 aliphatic heterocycles. The SMILES string of the molecule is COCc1c(C(=O)Nc2cccc(C)c2)nnn1-c1ccc(OC)cc1. The van der Waals surface area contributed by atoms with E-state index in [0.29, 0.717) is 11.4 Å². The maximum atomic E-state index is 12.7. The molecule has 3 rings (SSSR count). The van der Waals surface area contributed by atoms with Crippen molar-refractivity contribution >= 4 is 11.6 Å². The highest BCUT2D eigenvalue weighted by molar-refractivity contribution is 6.03. The van der Waals surface area contributed by atoms with Crippen LogP contribution < -0.4 is 10.1 Å². The average Bonchev–Trinajstić information content (AvgIpc) is 3.06. The lowest BCUT2D eigenvalue weighted by Crippen LogP contribution is -2.16. The van der Waals surface area contributed by atoms with Gasteiger partial charge >= 0.3 is 0 Å². The molecular formula is C19H20N4O3. The summed E-state index contributed by atoms with van der Waals surface area (Å²) in [4.78, 5) is 12.7. The number of anilines is 1. The Morgan fingerprint density at radius 3 is 2.58 bits per heavy atom. The molecule has 0 atom stereocenters. The van der Waals surface area contributed by atoms with Crippen LogP contribution in [0, 0.1) is 6.92 Å². The summed E-state index contributed by atoms with van der Waals surface area (Å²) in [7, 11) is 3.17. The van der Waals surface area contributed by atoms with Crippen LogP contribution in [0.1, 0.15) is 21.7 Å². The van der Waals surface area contributed by atoms with Gasteiger partial charge in [0.15, 0.2) is 5.69 Å². The largest absolute Gasteiger partial charge is 0.497 e. The summed E-state index contributed by atoms with van der Waals surface area (Å²) in [6.07, 6.45) is 0. The molecule has 7 heteroatoms. The molecule has 7 nitrogen and oxygen atoms in total. The van der Waals surface area contributed by atoms with Crippen molar-refractivity contribution in [3.05, 3.63) is 65.5 Å². The van der Waals surface area contributed by atoms with Crippen LogP contribution in [0.3, 0.4) is 0 Å². The summed E-state index contributed by atoms with van der Waals surface area (Å²) in [5.41, 5.74) is 3.33. The molecule has 1 amide bonds. The second-order valence-electron chi connectivity index (χ2n) is 5.75. The Morgan fingerprint density at radius 1 is 1.15 bits per heavy atom. The summed E-state index contributed by atoms with van der Waals surface area (Å²) in [6.45, 7) is 2.17. The molecule has 0 unspecified atom stereocenters. The first-order valence-electron chi connectivity index (χ1n) is 8.08. The van der Waals surface area contributed by atoms with Crippen molar-refractivity contribution in [1.82, 2.24) is 15.0 Å². The third-order valence-corrected chi connectivity index (χ3v) is 3.85. The van der Waals surface area contributed by atoms with E-state index in [9.17, 15) is 4.79 Å². The Balaban J connectivity index is 1.91. The normalized spacial score (nSPS) is 10.6. The zero-order valence-corrected chi connectivity index (χ0v) is 14.9. The van der Waals surface area contributed by atoms with Gasteiger partial charge in [0.2, 0.25) is 0 Å². The Hall–Kier alpha value is -3.19. The van der Waals surface area contributed by atoms with Crippen molar-refractivity contribution < 1.29 is 14.3 Å². The predicted octanol–water partition coefficient (Wildman–Crippen LogP) is 2.98. The number of ether oxygens (including phenoxy) is 2. The van der Waals surface area contributed by atoms with Crippen LogP contribution >= 0.6 is 0 Å². The van der Waals surface area contributed by atoms with Crippen molar-refractivity contribution in [1.29, 1.82) is 0 Å². The molecule has 0 radical (unpaired) electrons. The van der Waals surface area contributed by atoms with E-state index >= 15 is 0 Å². The molecule has 1 heterocycles. The van der Waals surface area contributed by atoms with Crippen LogP contribution in [-0.4, -0.2) is 35.1 Å². The maximum Gasteiger partial charge on any atom is 0.278 e. The van der Waals surface area contributed by atoms with E-state index in [0.717, 1.165) is 17.0 Å². The van der Waals surface area contributed by atoms with Gasteiger partial charge in [-0.1, -0.05) is 17.3 Å². The number of hydrogen-bond donors (Lipinski definition) is 1. The lowest BCUT2D eigenvalue weighted by molar-refractivity contribution is 0.101. The maximum absolute atomic E-state index is 12.7. The lowest BCUT2D eigenvalue weighted by Gasteiger charge is -2.09. The van der Waals surface area contributed by atoms with E-state index in [1.807, 2.05) is 55.5 Å². The summed E-state index contributed by atoms with van der Waals surface area (Å²) in [5.74, 6) is 0.405. The van der Waals surface area contributed by atoms with Crippen molar-refractivity contribution in [2.45, 2.75) is 13.5 Å². The molecule has 0 bridgehead atoms. The predicted molar refractivity (Wildman–Crippen MR) is 97.8 cm³/mol. The number of benzene rings is 2. The van der Waals surface area contributed by atoms with E-state index in [1.54, 1.807) is 18.9 Å². The highest BCUT2D eigenvalue weighted by Gasteiger charge is 2.21. The standard InChI is InChI=1S/C19H20N4O3/c1-13-5-4-6-14(11-13)20-19(24)18-17(12-25-2)23(22-21-18)15-7-9-16(26-3)10-8-15/h4-11H,12H2,1-3H3,(H,20,24). The first kappa shape index (κ1) is 17.6. The first-order valence-corrected chi connectivity index (χ1v) is 8.08. The van der Waals surface area contributed by atoms with Gasteiger partial charge in [0.1, 0.15) is 11.4 Å². The first-order chi connectivity index (χ1) is 12.6. The summed E-state index contributed by atoms with van der Waals surface area (Å²) in [5, 5.41) is 11.0. The highest BCUT2D eigenvalue weighted by Crippen LogP contribution is 2.19. The van der Waals surface area contributed by atoms with E-state index in [1.165, 1.54) is 0 Å². The van der Waals surface area contributed by atoms with Gasteiger partial charge in [-0.3, -0.25) is 4.79 Å². The van der Waals surface area contributed by atoms with Crippen LogP contribution in [0.5, 0.6) is 5.75 Å². The number of aromatic nitrogens is 3. The van der Waals surface area contributed by atoms with Gasteiger partial charge in [0.25, 0.3) is 5.91 Å². The number of nitrogens with one attached hydrogen (secondary N) is 1. The van der Waals surface area contributed by atoms with Crippen LogP contribution in [0.4, 0.5) is 5.69 Å². The fourth-order valence-corrected chi connectivity index (χ4v) is 2.59. The Labute approximate surface area is 151 Å². The van der Waals surface area contributed by atoms with Gasteiger partial charge in [-0.2, -0.15) is 0 Å². The molecule has 0 saturated carbocycles. The van der Waals surface area contributed by atoms with Gasteiger partial charge in [-0.15, -0.1) is 5.10 Å². The molecule has 0 spiro atoms. The topological polar surface area (TPSA) is 78.3 Å². The summed E-state index contributed by atoms with van der Waals surface area (Å²) >= 11 is 0. The minimum absolute atomic E-state index is 0.204. The van der Waals surface area contributed by atoms with E-state index in [4.69, 9.17) is 9.47 Å². The summed E-state index contributed by atoms with van der Waals surface area (Å²) in [6, 6.07) is 14.9. The number of carbonyl (C=O) groups is 1. The summed E-state index contributed by atoms with van der Waals surface area (Å²) < 4.78 is 12.0. The van der Waals surface area contributed by atoms with Crippen molar-refractivity contribution in [2.24, 2.45) is 0 Å². The molecule has 1 aromatic heterocycles. The van der Waals surface area contributed by atoms with Gasteiger partial charge < -0.3 is 14.8 Å². The molecule has 0 fully saturated rings. The van der Waals surface area contributed by atoms with Crippen LogP contribution in [0.25, 0.3) is 5.69 Å². The smallest absolute Gasteiger partial charge is 0.278 e. The zero-order chi connectivity index (χ0) is 18.5. The third-order valence-electron chi connectivity index (χ3n) is 3.85. The highest BCUT2D eigenvalue weighted by atomic mass is 16.5. The number of amides is 1. The molecule has 0 aliphatic rings. The Bertz CT molecular complexity index is 903. The number of carbonyl (C=O) groups excluding carboxylic acids is 1. The van der Waals surface area contributed by atoms with Gasteiger partial charge in [0.05, 0.1) is 19.4 Å². The van der Waals surface area contributed by atoms with Crippen LogP contribution in [0.2, 0.25) is 0 Å². The van der Waals surface area contributed by atoms with Crippen LogP contribution in [-0.2, 0) is 11.3 Å². The minimum Gasteiger partial charge on any atom is -0.497 e. The zero-order valence-electron chi connectivity index (χ0n) is 14.9. The molecule has 26 heavy (non-hydrogen) atoms. The van der Waals surface area contributed by atoms with E-state index in [-0.39, 0.29) is 18.2 Å². The molecule has 0 saturated heterocycles. The Kier molecular flexibility index (Phi) is 5.28. The molecule has 134 valence electrons. The van der Waals surface area contributed by atoms with E-state index < -0.39 is 0 Å². The van der Waals surface area contributed by atoms with Crippen molar-refractivity contribution in [3.8, 4) is 11.4 Å². The minimum atomic E-state index is -0.331. The lowest BCUT2D eigenvalue weighted by atomic mass is 10.2. The molecule has 0 aliphatic carbocycles. The number of nitrogens with zero attached hydrogens (tertiary/aromatic N) is 3. The fourth-order valence-electron chi connectivity index (χ4n) is 2.59. The molecular weight excluding hydrogens is 332 g/mol. The number of hydrogen-bond acceptors (Lipinski definition) is 5. The number of methoxy groups -OCH3 is 2. The van der Waals surface area contributed by atoms with Gasteiger partial charge in [-0.25, -0.2) is 4.68 Å². The van der Waals surface area contributed by atoms with Crippen LogP contribution in [0.15, 0.2) is 48.5 Å². The molecule has 3 aromatic rings. The number of aryl methyl sites for hydroxylation is 1. The molecule has 1 N–H and O–H groups in total. The fraction of sp³-hybridized carbons (Fsp3) is 0.211. The molecule has 2 aromatic carbocycles. The van der Waals surface area contributed by atoms with E-state index in [2.05, 4.69) is 15.6 Å². The second kappa shape index (κ2) is 7.79. The second-order valence-corrected chi connectivity index (χ2v) is 5.75. The third kappa shape index (κ3) is 3.73. The number of rotatable bonds is 6. The quantitative estimate of drug-likeness (QED) is 0.738. The van der Waals surface area contributed by atoms with Crippen molar-refractivity contribution in [2.75, 3.05) is 19.5 Å². The Morgan fingerprint density at radius 2 is 1.92 bits per heavy atom.